The Morgan fingerprint density at radius 1 is 0.580 bits per heavy atom. The Balaban J connectivity index is 1.63. The molecule has 0 aliphatic rings. The van der Waals surface area contributed by atoms with E-state index in [2.05, 4.69) is 37.2 Å². The van der Waals surface area contributed by atoms with E-state index in [1.807, 2.05) is 19.0 Å². The van der Waals surface area contributed by atoms with Gasteiger partial charge < -0.3 is 73.7 Å². The number of benzene rings is 4. The number of aldehydes is 1. The first-order valence-corrected chi connectivity index (χ1v) is 28.9. The predicted molar refractivity (Wildman–Crippen MR) is 311 cm³/mol. The standard InChI is InChI=1S/C56H73ClN10O12S2/c1-33(69)46(30-68)66-52(75)42(7-5-6-26-67(3)4)62-53(76)44(28-35-8-17-38(18-9-35)50(58)73)64-54(77)45(29-37-14-23-41(71)24-15-37)65-56(79)48(61-49(72)25-16-34-10-19-39(57)20-11-34)32-81-80-31-47(60-2)55(78)63-43(51(59)74)27-36-12-21-40(70)22-13-36/h8-15,17-24,30,33,42-48,60,69-71H,5-7,16,25-29,31-32H2,1-4H3,(H2,58,73)(H2,59,74)(H,61,72)(H,62,76)(H,63,78)(H,64,77)(H,65,79)(H,66,75)/t33?,42-,43+,44+,45-,46?,47-,48+/m0/s1. The minimum Gasteiger partial charge on any atom is -0.508 e. The Morgan fingerprint density at radius 2 is 1.01 bits per heavy atom. The van der Waals surface area contributed by atoms with Gasteiger partial charge in [-0.15, -0.1) is 0 Å². The van der Waals surface area contributed by atoms with Crippen LogP contribution in [-0.4, -0.2) is 161 Å². The van der Waals surface area contributed by atoms with Crippen molar-refractivity contribution in [2.24, 2.45) is 11.5 Å². The lowest BCUT2D eigenvalue weighted by Crippen LogP contribution is -2.60. The summed E-state index contributed by atoms with van der Waals surface area (Å²) in [5.41, 5.74) is 13.7. The highest BCUT2D eigenvalue weighted by atomic mass is 35.5. The van der Waals surface area contributed by atoms with Crippen LogP contribution in [0.1, 0.15) is 65.2 Å². The number of primary amides is 2. The number of halogens is 1. The number of rotatable bonds is 35. The Kier molecular flexibility index (Phi) is 28.0. The summed E-state index contributed by atoms with van der Waals surface area (Å²) in [7, 11) is 7.61. The summed E-state index contributed by atoms with van der Waals surface area (Å²) in [4.78, 5) is 123. The molecule has 4 rings (SSSR count). The number of nitrogens with two attached hydrogens (primary N) is 2. The second-order valence-corrected chi connectivity index (χ2v) is 22.5. The first-order chi connectivity index (χ1) is 38.5. The molecule has 0 fully saturated rings. The van der Waals surface area contributed by atoms with E-state index < -0.39 is 95.7 Å². The number of hydrogen-bond donors (Lipinski definition) is 12. The van der Waals surface area contributed by atoms with Crippen molar-refractivity contribution < 1.29 is 58.5 Å². The molecule has 8 atom stereocenters. The first kappa shape index (κ1) is 66.3. The Hall–Kier alpha value is -7.22. The van der Waals surface area contributed by atoms with E-state index in [0.717, 1.165) is 16.4 Å². The zero-order valence-electron chi connectivity index (χ0n) is 45.5. The maximum Gasteiger partial charge on any atom is 0.248 e. The van der Waals surface area contributed by atoms with Gasteiger partial charge in [0.25, 0.3) is 0 Å². The Labute approximate surface area is 483 Å². The molecule has 4 aromatic carbocycles. The number of aliphatic hydroxyl groups excluding tert-OH is 1. The molecule has 2 unspecified atom stereocenters. The summed E-state index contributed by atoms with van der Waals surface area (Å²) in [5, 5.41) is 49.5. The predicted octanol–water partition coefficient (Wildman–Crippen LogP) is 1.19. The van der Waals surface area contributed by atoms with Crippen LogP contribution in [0.15, 0.2) is 97.1 Å². The number of aryl methyl sites for hydroxylation is 1. The number of hydrogen-bond acceptors (Lipinski definition) is 16. The van der Waals surface area contributed by atoms with Crippen LogP contribution in [0.2, 0.25) is 5.02 Å². The van der Waals surface area contributed by atoms with Crippen molar-refractivity contribution in [2.45, 2.75) is 107 Å². The van der Waals surface area contributed by atoms with E-state index >= 15 is 0 Å². The molecular weight excluding hydrogens is 1100 g/mol. The van der Waals surface area contributed by atoms with Crippen LogP contribution < -0.4 is 48.7 Å². The summed E-state index contributed by atoms with van der Waals surface area (Å²) in [6.45, 7) is 1.98. The maximum absolute atomic E-state index is 14.8. The summed E-state index contributed by atoms with van der Waals surface area (Å²) in [5.74, 6) is -5.85. The molecular formula is C56H73ClN10O12S2. The molecule has 8 amide bonds. The van der Waals surface area contributed by atoms with E-state index in [1.54, 1.807) is 43.4 Å². The molecule has 0 bridgehead atoms. The molecule has 25 heteroatoms. The zero-order valence-corrected chi connectivity index (χ0v) is 47.9. The van der Waals surface area contributed by atoms with E-state index in [-0.39, 0.29) is 67.1 Å². The molecule has 0 aromatic heterocycles. The highest BCUT2D eigenvalue weighted by Crippen LogP contribution is 2.24. The Morgan fingerprint density at radius 3 is 1.48 bits per heavy atom. The Bertz CT molecular complexity index is 2730. The van der Waals surface area contributed by atoms with Gasteiger partial charge in [0.2, 0.25) is 47.3 Å². The smallest absolute Gasteiger partial charge is 0.248 e. The van der Waals surface area contributed by atoms with Crippen molar-refractivity contribution in [1.29, 1.82) is 0 Å². The zero-order chi connectivity index (χ0) is 59.6. The van der Waals surface area contributed by atoms with Crippen LogP contribution in [0.5, 0.6) is 11.5 Å². The summed E-state index contributed by atoms with van der Waals surface area (Å²) < 4.78 is 0. The fourth-order valence-electron chi connectivity index (χ4n) is 7.97. The van der Waals surface area contributed by atoms with Crippen LogP contribution in [0, 0.1) is 0 Å². The van der Waals surface area contributed by atoms with Crippen molar-refractivity contribution in [3.8, 4) is 11.5 Å². The fourth-order valence-corrected chi connectivity index (χ4v) is 10.5. The molecule has 22 nitrogen and oxygen atoms in total. The normalized spacial score (nSPS) is 14.1. The van der Waals surface area contributed by atoms with Crippen molar-refractivity contribution in [1.82, 2.24) is 42.1 Å². The molecule has 438 valence electrons. The number of aliphatic hydroxyl groups is 1. The van der Waals surface area contributed by atoms with Gasteiger partial charge in [0, 0.05) is 47.8 Å². The third kappa shape index (κ3) is 23.8. The monoisotopic (exact) mass is 1180 g/mol. The SMILES string of the molecule is CN[C@@H](CSSC[C@@H](NC(=O)CCc1ccc(Cl)cc1)C(=O)N[C@@H](Cc1ccc(O)cc1)C(=O)N[C@H](Cc1ccc(C(N)=O)cc1)C(=O)N[C@@H](CCCCN(C)C)C(=O)NC(C=O)C(C)O)C(=O)N[C@H](Cc1ccc(O)cc1)C(N)=O. The lowest BCUT2D eigenvalue weighted by molar-refractivity contribution is -0.134. The fraction of sp³-hybridized carbons (Fsp3) is 0.411. The molecule has 81 heavy (non-hydrogen) atoms. The maximum atomic E-state index is 14.8. The number of nitrogens with zero attached hydrogens (tertiary/aromatic N) is 1. The number of carbonyl (C=O) groups is 9. The van der Waals surface area contributed by atoms with Gasteiger partial charge in [0.1, 0.15) is 54.0 Å². The molecule has 0 spiro atoms. The van der Waals surface area contributed by atoms with E-state index in [4.69, 9.17) is 23.1 Å². The van der Waals surface area contributed by atoms with Crippen LogP contribution in [-0.2, 0) is 64.0 Å². The van der Waals surface area contributed by atoms with Crippen molar-refractivity contribution in [2.75, 3.05) is 39.2 Å². The second kappa shape index (κ2) is 34.2. The lowest BCUT2D eigenvalue weighted by Gasteiger charge is -2.27. The molecule has 0 saturated heterocycles. The topological polar surface area (TPSA) is 354 Å². The van der Waals surface area contributed by atoms with Gasteiger partial charge in [0.15, 0.2) is 0 Å². The average Bonchev–Trinajstić information content (AvgIpc) is 3.45. The second-order valence-electron chi connectivity index (χ2n) is 19.5. The van der Waals surface area contributed by atoms with Crippen molar-refractivity contribution in [3.63, 3.8) is 0 Å². The molecule has 0 radical (unpaired) electrons. The van der Waals surface area contributed by atoms with Crippen LogP contribution in [0.3, 0.4) is 0 Å². The molecule has 0 aliphatic heterocycles. The van der Waals surface area contributed by atoms with E-state index in [0.29, 0.717) is 47.4 Å². The van der Waals surface area contributed by atoms with Gasteiger partial charge >= 0.3 is 0 Å². The van der Waals surface area contributed by atoms with Crippen molar-refractivity contribution >= 4 is 86.7 Å². The minimum absolute atomic E-state index is 0.0248. The molecule has 4 aromatic rings. The molecule has 14 N–H and O–H groups in total. The van der Waals surface area contributed by atoms with Gasteiger partial charge in [-0.3, -0.25) is 38.4 Å². The highest BCUT2D eigenvalue weighted by molar-refractivity contribution is 8.76. The number of phenols is 2. The molecule has 0 aliphatic carbocycles. The van der Waals surface area contributed by atoms with Crippen LogP contribution >= 0.6 is 33.2 Å². The largest absolute Gasteiger partial charge is 0.508 e. The number of carbonyl (C=O) groups excluding carboxylic acids is 9. The number of nitrogens with one attached hydrogen (secondary N) is 7. The summed E-state index contributed by atoms with van der Waals surface area (Å²) in [6.07, 6.45) is 0.196. The van der Waals surface area contributed by atoms with Crippen LogP contribution in [0.25, 0.3) is 0 Å². The third-order valence-electron chi connectivity index (χ3n) is 12.7. The average molecular weight is 1180 g/mol. The van der Waals surface area contributed by atoms with Crippen molar-refractivity contribution in [3.05, 3.63) is 130 Å². The summed E-state index contributed by atoms with van der Waals surface area (Å²) >= 11 is 6.07. The number of phenolic OH excluding ortho intramolecular Hbond substituents is 2. The molecule has 0 heterocycles. The van der Waals surface area contributed by atoms with Gasteiger partial charge in [-0.2, -0.15) is 0 Å². The van der Waals surface area contributed by atoms with E-state index in [9.17, 15) is 58.5 Å². The number of amides is 8. The highest BCUT2D eigenvalue weighted by Gasteiger charge is 2.33. The number of unbranched alkanes of at least 4 members (excludes halogenated alkanes) is 1. The minimum atomic E-state index is -1.46. The van der Waals surface area contributed by atoms with Gasteiger partial charge in [-0.25, -0.2) is 0 Å². The quantitative estimate of drug-likeness (QED) is 0.0175. The third-order valence-corrected chi connectivity index (χ3v) is 15.4. The van der Waals surface area contributed by atoms with Crippen LogP contribution in [0.4, 0.5) is 0 Å². The number of likely N-dealkylation sites (N-methyl/N-ethyl adjacent to an activating group) is 1. The van der Waals surface area contributed by atoms with Gasteiger partial charge in [-0.1, -0.05) is 81.7 Å². The van der Waals surface area contributed by atoms with E-state index in [1.165, 1.54) is 78.4 Å². The molecule has 0 saturated carbocycles. The summed E-state index contributed by atoms with van der Waals surface area (Å²) in [6, 6.07) is 16.0. The first-order valence-electron chi connectivity index (χ1n) is 26.0. The van der Waals surface area contributed by atoms with Gasteiger partial charge in [-0.05, 0) is 131 Å². The van der Waals surface area contributed by atoms with Gasteiger partial charge in [0.05, 0.1) is 12.1 Å². The lowest BCUT2D eigenvalue weighted by atomic mass is 10.00. The number of aromatic hydroxyl groups is 2.